The lowest BCUT2D eigenvalue weighted by Crippen LogP contribution is -2.59. The molecule has 34 heavy (non-hydrogen) atoms. The van der Waals surface area contributed by atoms with Crippen LogP contribution in [-0.4, -0.2) is 74.8 Å². The minimum absolute atomic E-state index is 0.0836. The van der Waals surface area contributed by atoms with Gasteiger partial charge in [-0.2, -0.15) is 25.3 Å². The first-order chi connectivity index (χ1) is 16.3. The largest absolute Gasteiger partial charge is 0.508 e. The van der Waals surface area contributed by atoms with Gasteiger partial charge in [-0.1, -0.05) is 26.8 Å². The van der Waals surface area contributed by atoms with Gasteiger partial charge in [-0.3, -0.25) is 0 Å². The van der Waals surface area contributed by atoms with Crippen LogP contribution in [-0.2, 0) is 27.5 Å². The summed E-state index contributed by atoms with van der Waals surface area (Å²) in [6, 6.07) is 0.877. The number of thiol groups is 2. The van der Waals surface area contributed by atoms with Gasteiger partial charge in [-0.05, 0) is 63.6 Å². The number of ether oxygens (including phenoxy) is 3. The molecule has 0 N–H and O–H groups in total. The molecule has 204 valence electrons. The molecule has 7 nitrogen and oxygen atoms in total. The molecule has 0 saturated heterocycles. The molecule has 3 atom stereocenters. The third-order valence-electron chi connectivity index (χ3n) is 5.94. The van der Waals surface area contributed by atoms with Gasteiger partial charge in [0.05, 0.1) is 18.6 Å². The molecule has 0 spiro atoms. The van der Waals surface area contributed by atoms with Crippen molar-refractivity contribution in [3.63, 3.8) is 0 Å². The molecule has 0 rings (SSSR count). The van der Waals surface area contributed by atoms with Crippen LogP contribution in [0.2, 0.25) is 19.1 Å². The smallest absolute Gasteiger partial charge is 0.434 e. The Hall–Kier alpha value is 0.244. The second kappa shape index (κ2) is 19.4. The fourth-order valence-electron chi connectivity index (χ4n) is 4.03. The van der Waals surface area contributed by atoms with Crippen LogP contribution in [0.25, 0.3) is 0 Å². The van der Waals surface area contributed by atoms with Crippen molar-refractivity contribution in [2.24, 2.45) is 5.41 Å². The molecule has 3 unspecified atom stereocenters. The van der Waals surface area contributed by atoms with Crippen LogP contribution in [0.5, 0.6) is 0 Å². The molecule has 0 bridgehead atoms. The van der Waals surface area contributed by atoms with Crippen LogP contribution in [0.15, 0.2) is 0 Å². The molecule has 0 amide bonds. The van der Waals surface area contributed by atoms with E-state index < -0.39 is 35.7 Å². The Morgan fingerprint density at radius 2 is 1.65 bits per heavy atom. The van der Waals surface area contributed by atoms with Gasteiger partial charge < -0.3 is 27.5 Å². The zero-order valence-corrected chi connectivity index (χ0v) is 26.6. The summed E-state index contributed by atoms with van der Waals surface area (Å²) in [5, 5.41) is 0. The van der Waals surface area contributed by atoms with E-state index in [9.17, 15) is 4.79 Å². The maximum absolute atomic E-state index is 12.3. The van der Waals surface area contributed by atoms with Crippen molar-refractivity contribution in [1.82, 2.24) is 0 Å². The summed E-state index contributed by atoms with van der Waals surface area (Å²) in [6.07, 6.45) is 4.16. The maximum Gasteiger partial charge on any atom is 0.508 e. The van der Waals surface area contributed by atoms with Gasteiger partial charge in [-0.25, -0.2) is 4.79 Å². The van der Waals surface area contributed by atoms with Crippen molar-refractivity contribution in [3.05, 3.63) is 0 Å². The van der Waals surface area contributed by atoms with Crippen LogP contribution in [0, 0.1) is 5.41 Å². The van der Waals surface area contributed by atoms with E-state index in [1.807, 2.05) is 20.8 Å². The zero-order valence-electron chi connectivity index (χ0n) is 22.4. The first kappa shape index (κ1) is 34.2. The second-order valence-electron chi connectivity index (χ2n) is 8.50. The highest BCUT2D eigenvalue weighted by atomic mass is 32.1. The molecule has 11 heteroatoms. The highest BCUT2D eigenvalue weighted by Gasteiger charge is 2.54. The first-order valence-corrected chi connectivity index (χ1v) is 18.6. The van der Waals surface area contributed by atoms with Crippen LogP contribution in [0.3, 0.4) is 0 Å². The van der Waals surface area contributed by atoms with Gasteiger partial charge in [0.1, 0.15) is 6.61 Å². The Bertz CT molecular complexity index is 528. The standard InChI is InChI=1S/C23H50O7S2Si2/c1-7-15-25-21(24)26-19-22(8-2,23(27-9-3,30-33-5)14-13-17-32)20-29-34(6,28-10-4)18-12-11-16-31/h31-32H,7-20,33H2,1-6H3. The molecular formula is C23H50O7S2Si2. The van der Waals surface area contributed by atoms with Gasteiger partial charge in [0.25, 0.3) is 0 Å². The molecule has 0 aliphatic rings. The normalized spacial score (nSPS) is 17.3. The van der Waals surface area contributed by atoms with Crippen LogP contribution < -0.4 is 0 Å². The third kappa shape index (κ3) is 11.5. The van der Waals surface area contributed by atoms with Crippen molar-refractivity contribution in [2.45, 2.75) is 91.1 Å². The fourth-order valence-corrected chi connectivity index (χ4v) is 7.87. The summed E-state index contributed by atoms with van der Waals surface area (Å²) >= 11 is 8.78. The Balaban J connectivity index is 6.12. The molecule has 0 heterocycles. The predicted molar refractivity (Wildman–Crippen MR) is 150 cm³/mol. The predicted octanol–water partition coefficient (Wildman–Crippen LogP) is 5.37. The molecule has 0 aromatic rings. The minimum Gasteiger partial charge on any atom is -0.434 e. The summed E-state index contributed by atoms with van der Waals surface area (Å²) in [4.78, 5) is 12.3. The molecule has 0 fully saturated rings. The third-order valence-corrected chi connectivity index (χ3v) is 10.2. The number of unbranched alkanes of at least 4 members (excludes halogenated alkanes) is 1. The SMILES string of the molecule is CCCOC(=O)OCC(CC)(CO[Si](C)(CCCCS)OCC)C(CCCS)(OCC)O[SiH2]C. The molecule has 0 aromatic carbocycles. The van der Waals surface area contributed by atoms with Crippen LogP contribution in [0.4, 0.5) is 4.79 Å². The molecule has 0 radical (unpaired) electrons. The highest BCUT2D eigenvalue weighted by Crippen LogP contribution is 2.44. The van der Waals surface area contributed by atoms with E-state index in [-0.39, 0.29) is 6.61 Å². The van der Waals surface area contributed by atoms with Gasteiger partial charge in [0.2, 0.25) is 0 Å². The van der Waals surface area contributed by atoms with E-state index in [0.717, 1.165) is 37.5 Å². The van der Waals surface area contributed by atoms with Crippen molar-refractivity contribution in [3.8, 4) is 0 Å². The number of carbonyl (C=O) groups excluding carboxylic acids is 1. The molecule has 0 aliphatic heterocycles. The van der Waals surface area contributed by atoms with Gasteiger partial charge in [0.15, 0.2) is 15.6 Å². The average molecular weight is 559 g/mol. The van der Waals surface area contributed by atoms with Gasteiger partial charge in [-0.15, -0.1) is 0 Å². The van der Waals surface area contributed by atoms with Gasteiger partial charge in [0, 0.05) is 19.6 Å². The number of hydrogen-bond acceptors (Lipinski definition) is 9. The summed E-state index contributed by atoms with van der Waals surface area (Å²) in [7, 11) is -3.33. The lowest BCUT2D eigenvalue weighted by atomic mass is 9.75. The Kier molecular flexibility index (Phi) is 19.5. The van der Waals surface area contributed by atoms with Crippen molar-refractivity contribution in [1.29, 1.82) is 0 Å². The highest BCUT2D eigenvalue weighted by molar-refractivity contribution is 7.80. The average Bonchev–Trinajstić information content (AvgIpc) is 2.82. The van der Waals surface area contributed by atoms with E-state index in [4.69, 9.17) is 27.5 Å². The quantitative estimate of drug-likeness (QED) is 0.0608. The number of rotatable bonds is 22. The van der Waals surface area contributed by atoms with E-state index in [1.54, 1.807) is 0 Å². The topological polar surface area (TPSA) is 72.5 Å². The van der Waals surface area contributed by atoms with Crippen molar-refractivity contribution >= 4 is 49.7 Å². The van der Waals surface area contributed by atoms with E-state index in [0.29, 0.717) is 45.0 Å². The molecular weight excluding hydrogens is 509 g/mol. The Labute approximate surface area is 222 Å². The van der Waals surface area contributed by atoms with Crippen LogP contribution in [0.1, 0.15) is 66.2 Å². The Morgan fingerprint density at radius 3 is 2.18 bits per heavy atom. The summed E-state index contributed by atoms with van der Waals surface area (Å²) in [6.45, 7) is 14.0. The van der Waals surface area contributed by atoms with Crippen molar-refractivity contribution < 1.29 is 32.3 Å². The zero-order chi connectivity index (χ0) is 25.9. The number of hydrogen-bond donors (Lipinski definition) is 2. The lowest BCUT2D eigenvalue weighted by Gasteiger charge is -2.50. The van der Waals surface area contributed by atoms with Crippen molar-refractivity contribution in [2.75, 3.05) is 44.5 Å². The minimum atomic E-state index is -2.47. The van der Waals surface area contributed by atoms with E-state index >= 15 is 0 Å². The molecule has 0 aliphatic carbocycles. The first-order valence-electron chi connectivity index (χ1n) is 12.8. The van der Waals surface area contributed by atoms with Crippen LogP contribution >= 0.6 is 25.3 Å². The summed E-state index contributed by atoms with van der Waals surface area (Å²) in [5.74, 6) is 0.617. The Morgan fingerprint density at radius 1 is 0.941 bits per heavy atom. The maximum atomic E-state index is 12.3. The van der Waals surface area contributed by atoms with Gasteiger partial charge >= 0.3 is 14.7 Å². The summed E-state index contributed by atoms with van der Waals surface area (Å²) in [5.41, 5.74) is -0.713. The molecule has 0 saturated carbocycles. The van der Waals surface area contributed by atoms with E-state index in [1.165, 1.54) is 0 Å². The second-order valence-corrected chi connectivity index (χ2v) is 13.6. The summed E-state index contributed by atoms with van der Waals surface area (Å²) < 4.78 is 36.6. The lowest BCUT2D eigenvalue weighted by molar-refractivity contribution is -0.277. The number of carbonyl (C=O) groups is 1. The monoisotopic (exact) mass is 558 g/mol. The fraction of sp³-hybridized carbons (Fsp3) is 0.957. The van der Waals surface area contributed by atoms with E-state index in [2.05, 4.69) is 45.3 Å². The molecule has 0 aromatic heterocycles.